The van der Waals surface area contributed by atoms with Gasteiger partial charge in [0.15, 0.2) is 5.84 Å². The molecule has 0 radical (unpaired) electrons. The molecule has 1 aliphatic rings. The Labute approximate surface area is 202 Å². The Morgan fingerprint density at radius 1 is 1.33 bits per heavy atom. The molecule has 1 aliphatic carbocycles. The summed E-state index contributed by atoms with van der Waals surface area (Å²) < 4.78 is 40.2. The van der Waals surface area contributed by atoms with Crippen LogP contribution in [0.2, 0.25) is 5.02 Å². The molecule has 4 N–H and O–H groups in total. The number of halogens is 5. The van der Waals surface area contributed by atoms with E-state index in [1.165, 1.54) is 23.4 Å². The second-order valence-electron chi connectivity index (χ2n) is 7.28. The van der Waals surface area contributed by atoms with Crippen LogP contribution in [0.25, 0.3) is 0 Å². The molecule has 1 atom stereocenters. The molecule has 1 aromatic carbocycles. The zero-order valence-electron chi connectivity index (χ0n) is 17.7. The number of carbonyl (C=O) groups is 1. The first-order valence-electron chi connectivity index (χ1n) is 9.78. The predicted octanol–water partition coefficient (Wildman–Crippen LogP) is 4.72. The number of amides is 1. The van der Waals surface area contributed by atoms with Crippen LogP contribution >= 0.6 is 27.5 Å². The maximum Gasteiger partial charge on any atom is 0.416 e. The molecule has 0 heterocycles. The lowest BCUT2D eigenvalue weighted by Crippen LogP contribution is -2.44. The maximum absolute atomic E-state index is 13.3. The van der Waals surface area contributed by atoms with E-state index in [-0.39, 0.29) is 28.2 Å². The Morgan fingerprint density at radius 3 is 2.55 bits per heavy atom. The first kappa shape index (κ1) is 26.6. The van der Waals surface area contributed by atoms with Gasteiger partial charge >= 0.3 is 6.18 Å². The fourth-order valence-electron chi connectivity index (χ4n) is 2.82. The zero-order valence-corrected chi connectivity index (χ0v) is 20.0. The monoisotopic (exact) mass is 546 g/mol. The topological polar surface area (TPSA) is 109 Å². The highest BCUT2D eigenvalue weighted by Crippen LogP contribution is 2.34. The zero-order chi connectivity index (χ0) is 24.8. The third-order valence-corrected chi connectivity index (χ3v) is 5.36. The third kappa shape index (κ3) is 8.01. The molecule has 0 saturated heterocycles. The van der Waals surface area contributed by atoms with E-state index >= 15 is 0 Å². The summed E-state index contributed by atoms with van der Waals surface area (Å²) in [6, 6.07) is 2.01. The van der Waals surface area contributed by atoms with E-state index in [0.717, 1.165) is 31.3 Å². The first-order chi connectivity index (χ1) is 15.5. The molecule has 1 aromatic rings. The van der Waals surface area contributed by atoms with Crippen LogP contribution in [0.15, 0.2) is 56.3 Å². The van der Waals surface area contributed by atoms with Crippen molar-refractivity contribution in [2.24, 2.45) is 32.4 Å². The summed E-state index contributed by atoms with van der Waals surface area (Å²) in [4.78, 5) is 27.0. The van der Waals surface area contributed by atoms with Gasteiger partial charge in [0.25, 0.3) is 5.91 Å². The number of rotatable bonds is 8. The van der Waals surface area contributed by atoms with E-state index < -0.39 is 23.7 Å². The Hall–Kier alpha value is -2.66. The van der Waals surface area contributed by atoms with Crippen molar-refractivity contribution in [3.63, 3.8) is 0 Å². The molecule has 1 amide bonds. The van der Waals surface area contributed by atoms with Gasteiger partial charge in [-0.2, -0.15) is 13.2 Å². The molecular weight excluding hydrogens is 525 g/mol. The second-order valence-corrected chi connectivity index (χ2v) is 8.63. The van der Waals surface area contributed by atoms with E-state index in [4.69, 9.17) is 23.1 Å². The Bertz CT molecular complexity index is 1020. The van der Waals surface area contributed by atoms with Crippen LogP contribution in [0.5, 0.6) is 0 Å². The number of aliphatic imine (C=N–C) groups is 3. The van der Waals surface area contributed by atoms with E-state index in [2.05, 4.69) is 37.5 Å². The third-order valence-electron chi connectivity index (χ3n) is 4.67. The molecule has 1 saturated carbocycles. The average Bonchev–Trinajstić information content (AvgIpc) is 3.57. The largest absolute Gasteiger partial charge is 0.416 e. The smallest absolute Gasteiger partial charge is 0.404 e. The van der Waals surface area contributed by atoms with Crippen molar-refractivity contribution in [2.75, 3.05) is 6.54 Å². The minimum atomic E-state index is -4.65. The van der Waals surface area contributed by atoms with Crippen molar-refractivity contribution in [2.45, 2.75) is 32.0 Å². The molecule has 0 bridgehead atoms. The van der Waals surface area contributed by atoms with E-state index in [1.54, 1.807) is 6.92 Å². The SMILES string of the molecule is C=C(N=C/C(Br)=C\N)N=C(N=CN)C(C)N(CC1CC1)C(=O)c1cc(Cl)cc(C(F)(F)F)c1. The number of hydrogen-bond donors (Lipinski definition) is 2. The minimum absolute atomic E-state index is 0.0576. The van der Waals surface area contributed by atoms with Crippen LogP contribution in [-0.4, -0.2) is 41.8 Å². The van der Waals surface area contributed by atoms with Crippen LogP contribution in [0.3, 0.4) is 0 Å². The highest BCUT2D eigenvalue weighted by molar-refractivity contribution is 9.12. The van der Waals surface area contributed by atoms with Crippen molar-refractivity contribution in [1.29, 1.82) is 0 Å². The van der Waals surface area contributed by atoms with E-state index in [1.807, 2.05) is 0 Å². The summed E-state index contributed by atoms with van der Waals surface area (Å²) in [7, 11) is 0. The number of allylic oxidation sites excluding steroid dienone is 1. The standard InChI is InChI=1S/C21H23BrClF3N6O/c1-12(19(30-11-28)31-13(2)29-9-17(22)8-27)32(10-14-3-4-14)20(33)15-5-16(21(24,25)26)7-18(23)6-15/h5-9,11-12,14H,2-4,10,27H2,1H3,(H2,28,30,31)/b17-8+,29-9?. The lowest BCUT2D eigenvalue weighted by molar-refractivity contribution is -0.137. The molecule has 2 rings (SSSR count). The van der Waals surface area contributed by atoms with Crippen LogP contribution in [0, 0.1) is 5.92 Å². The molecule has 7 nitrogen and oxygen atoms in total. The van der Waals surface area contributed by atoms with Crippen molar-refractivity contribution in [1.82, 2.24) is 4.90 Å². The molecule has 12 heteroatoms. The normalized spacial score (nSPS) is 16.4. The average molecular weight is 548 g/mol. The molecule has 0 aromatic heterocycles. The lowest BCUT2D eigenvalue weighted by Gasteiger charge is -2.29. The summed E-state index contributed by atoms with van der Waals surface area (Å²) in [5, 5.41) is -0.192. The van der Waals surface area contributed by atoms with Crippen molar-refractivity contribution >= 4 is 51.8 Å². The van der Waals surface area contributed by atoms with Crippen LogP contribution in [0.4, 0.5) is 13.2 Å². The number of nitrogens with two attached hydrogens (primary N) is 2. The summed E-state index contributed by atoms with van der Waals surface area (Å²) in [5.74, 6) is -0.236. The fraction of sp³-hybridized carbons (Fsp3) is 0.333. The maximum atomic E-state index is 13.3. The second kappa shape index (κ2) is 11.5. The van der Waals surface area contributed by atoms with Gasteiger partial charge in [-0.25, -0.2) is 15.0 Å². The predicted molar refractivity (Wildman–Crippen MR) is 129 cm³/mol. The van der Waals surface area contributed by atoms with Gasteiger partial charge in [-0.3, -0.25) is 4.79 Å². The Morgan fingerprint density at radius 2 is 2.00 bits per heavy atom. The van der Waals surface area contributed by atoms with Gasteiger partial charge in [-0.1, -0.05) is 18.2 Å². The van der Waals surface area contributed by atoms with Crippen molar-refractivity contribution in [3.05, 3.63) is 57.4 Å². The number of nitrogens with zero attached hydrogens (tertiary/aromatic N) is 4. The van der Waals surface area contributed by atoms with Crippen molar-refractivity contribution < 1.29 is 18.0 Å². The quantitative estimate of drug-likeness (QED) is 0.363. The highest BCUT2D eigenvalue weighted by Gasteiger charge is 2.35. The minimum Gasteiger partial charge on any atom is -0.404 e. The van der Waals surface area contributed by atoms with Gasteiger partial charge in [0.05, 0.1) is 22.4 Å². The van der Waals surface area contributed by atoms with Gasteiger partial charge in [0, 0.05) is 29.5 Å². The van der Waals surface area contributed by atoms with Gasteiger partial charge in [-0.05, 0) is 59.8 Å². The Balaban J connectivity index is 2.42. The number of carbonyl (C=O) groups excluding carboxylic acids is 1. The van der Waals surface area contributed by atoms with Gasteiger partial charge in [0.2, 0.25) is 0 Å². The molecule has 33 heavy (non-hydrogen) atoms. The molecule has 0 aliphatic heterocycles. The molecule has 1 fully saturated rings. The summed E-state index contributed by atoms with van der Waals surface area (Å²) in [6.45, 7) is 5.67. The van der Waals surface area contributed by atoms with Gasteiger partial charge in [0.1, 0.15) is 5.82 Å². The van der Waals surface area contributed by atoms with Crippen LogP contribution < -0.4 is 11.5 Å². The van der Waals surface area contributed by atoms with Crippen molar-refractivity contribution in [3.8, 4) is 0 Å². The molecule has 0 spiro atoms. The number of benzene rings is 1. The molecule has 1 unspecified atom stereocenters. The van der Waals surface area contributed by atoms with Crippen LogP contribution in [0.1, 0.15) is 35.7 Å². The number of hydrogen-bond acceptors (Lipinski definition) is 4. The highest BCUT2D eigenvalue weighted by atomic mass is 79.9. The van der Waals surface area contributed by atoms with E-state index in [9.17, 15) is 18.0 Å². The molecule has 178 valence electrons. The number of amidine groups is 1. The van der Waals surface area contributed by atoms with Gasteiger partial charge < -0.3 is 16.4 Å². The van der Waals surface area contributed by atoms with Gasteiger partial charge in [-0.15, -0.1) is 0 Å². The number of alkyl halides is 3. The summed E-state index contributed by atoms with van der Waals surface area (Å²) >= 11 is 9.04. The van der Waals surface area contributed by atoms with E-state index in [0.29, 0.717) is 11.0 Å². The summed E-state index contributed by atoms with van der Waals surface area (Å²) in [5.41, 5.74) is 9.62. The van der Waals surface area contributed by atoms with Crippen LogP contribution in [-0.2, 0) is 6.18 Å². The fourth-order valence-corrected chi connectivity index (χ4v) is 3.16. The Kier molecular flexibility index (Phi) is 9.24. The lowest BCUT2D eigenvalue weighted by atomic mass is 10.1. The molecular formula is C21H23BrClF3N6O. The first-order valence-corrected chi connectivity index (χ1v) is 10.9. The summed E-state index contributed by atoms with van der Waals surface area (Å²) in [6.07, 6.45) is 0.816.